The van der Waals surface area contributed by atoms with Crippen LogP contribution in [0.3, 0.4) is 0 Å². The van der Waals surface area contributed by atoms with Crippen molar-refractivity contribution in [1.82, 2.24) is 14.9 Å². The third-order valence-electron chi connectivity index (χ3n) is 5.46. The first kappa shape index (κ1) is 25.9. The van der Waals surface area contributed by atoms with Crippen molar-refractivity contribution in [2.24, 2.45) is 11.8 Å². The lowest BCUT2D eigenvalue weighted by atomic mass is 9.85. The smallest absolute Gasteiger partial charge is 0.410 e. The minimum absolute atomic E-state index is 0.0282. The van der Waals surface area contributed by atoms with Gasteiger partial charge in [-0.2, -0.15) is 0 Å². The van der Waals surface area contributed by atoms with E-state index in [1.54, 1.807) is 17.2 Å². The van der Waals surface area contributed by atoms with E-state index in [1.165, 1.54) is 0 Å². The highest BCUT2D eigenvalue weighted by Crippen LogP contribution is 2.31. The summed E-state index contributed by atoms with van der Waals surface area (Å²) in [4.78, 5) is 35.8. The van der Waals surface area contributed by atoms with Crippen LogP contribution in [0.1, 0.15) is 53.5 Å². The molecule has 1 amide bonds. The molecule has 0 spiro atoms. The molecular weight excluding hydrogens is 454 g/mol. The molecule has 0 radical (unpaired) electrons. The van der Waals surface area contributed by atoms with Crippen LogP contribution < -0.4 is 0 Å². The van der Waals surface area contributed by atoms with Crippen LogP contribution in [-0.2, 0) is 20.7 Å². The predicted molar refractivity (Wildman–Crippen MR) is 131 cm³/mol. The Morgan fingerprint density at radius 2 is 1.82 bits per heavy atom. The van der Waals surface area contributed by atoms with Gasteiger partial charge in [0.25, 0.3) is 0 Å². The summed E-state index contributed by atoms with van der Waals surface area (Å²) >= 11 is 5.96. The molecule has 1 aliphatic heterocycles. The minimum atomic E-state index is -0.599. The highest BCUT2D eigenvalue weighted by Gasteiger charge is 2.39. The predicted octanol–water partition coefficient (Wildman–Crippen LogP) is 5.55. The molecule has 7 nitrogen and oxygen atoms in total. The fraction of sp³-hybridized carbons (Fsp3) is 0.538. The highest BCUT2D eigenvalue weighted by molar-refractivity contribution is 6.28. The average Bonchev–Trinajstić information content (AvgIpc) is 3.20. The molecule has 1 aliphatic rings. The number of likely N-dealkylation sites (tertiary alicyclic amines) is 1. The molecule has 1 saturated heterocycles. The SMILES string of the molecule is CC(C)(C)OC(=O)[C@@H](Cc1cccc(-c2ccnc(Cl)n2)c1)[C@H]1CCN(C(=O)OC(C)(C)C)C1. The Labute approximate surface area is 206 Å². The Kier molecular flexibility index (Phi) is 7.86. The topological polar surface area (TPSA) is 81.6 Å². The fourth-order valence-corrected chi connectivity index (χ4v) is 4.18. The van der Waals surface area contributed by atoms with Crippen molar-refractivity contribution in [2.75, 3.05) is 13.1 Å². The third kappa shape index (κ3) is 7.42. The van der Waals surface area contributed by atoms with Crippen LogP contribution in [0.25, 0.3) is 11.3 Å². The molecule has 2 atom stereocenters. The Morgan fingerprint density at radius 3 is 2.47 bits per heavy atom. The first-order valence-corrected chi connectivity index (χ1v) is 12.0. The number of esters is 1. The van der Waals surface area contributed by atoms with Gasteiger partial charge in [-0.25, -0.2) is 14.8 Å². The molecule has 3 rings (SSSR count). The second-order valence-corrected chi connectivity index (χ2v) is 11.1. The maximum atomic E-state index is 13.3. The van der Waals surface area contributed by atoms with Gasteiger partial charge < -0.3 is 14.4 Å². The van der Waals surface area contributed by atoms with Crippen LogP contribution in [0, 0.1) is 11.8 Å². The van der Waals surface area contributed by atoms with E-state index in [9.17, 15) is 9.59 Å². The van der Waals surface area contributed by atoms with Crippen LogP contribution in [0.15, 0.2) is 36.5 Å². The van der Waals surface area contributed by atoms with Gasteiger partial charge >= 0.3 is 12.1 Å². The molecule has 34 heavy (non-hydrogen) atoms. The number of ether oxygens (including phenoxy) is 2. The quantitative estimate of drug-likeness (QED) is 0.406. The number of halogens is 1. The molecule has 1 fully saturated rings. The summed E-state index contributed by atoms with van der Waals surface area (Å²) in [6.45, 7) is 12.1. The molecule has 1 aromatic heterocycles. The van der Waals surface area contributed by atoms with Gasteiger partial charge in [0, 0.05) is 24.8 Å². The summed E-state index contributed by atoms with van der Waals surface area (Å²) in [6, 6.07) is 9.69. The molecule has 0 saturated carbocycles. The van der Waals surface area contributed by atoms with Gasteiger partial charge in [-0.05, 0) is 89.6 Å². The Morgan fingerprint density at radius 1 is 1.12 bits per heavy atom. The summed E-state index contributed by atoms with van der Waals surface area (Å²) in [5.74, 6) is -0.672. The first-order valence-electron chi connectivity index (χ1n) is 11.6. The van der Waals surface area contributed by atoms with Crippen LogP contribution >= 0.6 is 11.6 Å². The van der Waals surface area contributed by atoms with E-state index in [4.69, 9.17) is 21.1 Å². The van der Waals surface area contributed by atoms with Gasteiger partial charge in [0.1, 0.15) is 11.2 Å². The zero-order valence-corrected chi connectivity index (χ0v) is 21.6. The normalized spacial score (nSPS) is 17.4. The van der Waals surface area contributed by atoms with Crippen molar-refractivity contribution in [3.63, 3.8) is 0 Å². The van der Waals surface area contributed by atoms with Crippen LogP contribution in [-0.4, -0.2) is 51.2 Å². The van der Waals surface area contributed by atoms with E-state index >= 15 is 0 Å². The van der Waals surface area contributed by atoms with Gasteiger partial charge in [-0.3, -0.25) is 4.79 Å². The van der Waals surface area contributed by atoms with Gasteiger partial charge in [-0.15, -0.1) is 0 Å². The monoisotopic (exact) mass is 487 g/mol. The second-order valence-electron chi connectivity index (χ2n) is 10.7. The number of hydrogen-bond acceptors (Lipinski definition) is 6. The third-order valence-corrected chi connectivity index (χ3v) is 5.64. The van der Waals surface area contributed by atoms with E-state index in [2.05, 4.69) is 9.97 Å². The molecule has 2 aromatic rings. The summed E-state index contributed by atoms with van der Waals surface area (Å²) in [6.07, 6.45) is 2.48. The zero-order chi connectivity index (χ0) is 25.1. The van der Waals surface area contributed by atoms with Crippen molar-refractivity contribution in [3.05, 3.63) is 47.4 Å². The molecule has 8 heteroatoms. The molecule has 0 bridgehead atoms. The van der Waals surface area contributed by atoms with Crippen molar-refractivity contribution in [3.8, 4) is 11.3 Å². The molecule has 2 heterocycles. The number of rotatable bonds is 5. The fourth-order valence-electron chi connectivity index (χ4n) is 4.04. The summed E-state index contributed by atoms with van der Waals surface area (Å²) in [5.41, 5.74) is 1.43. The average molecular weight is 488 g/mol. The van der Waals surface area contributed by atoms with Crippen molar-refractivity contribution in [1.29, 1.82) is 0 Å². The second kappa shape index (κ2) is 10.3. The van der Waals surface area contributed by atoms with Crippen LogP contribution in [0.4, 0.5) is 4.79 Å². The molecule has 0 N–H and O–H groups in total. The number of aromatic nitrogens is 2. The zero-order valence-electron chi connectivity index (χ0n) is 20.8. The maximum Gasteiger partial charge on any atom is 0.410 e. The minimum Gasteiger partial charge on any atom is -0.460 e. The number of benzene rings is 1. The molecule has 1 aromatic carbocycles. The summed E-state index contributed by atoms with van der Waals surface area (Å²) in [5, 5.41) is 0.183. The van der Waals surface area contributed by atoms with Gasteiger partial charge in [0.15, 0.2) is 0 Å². The largest absolute Gasteiger partial charge is 0.460 e. The molecular formula is C26H34ClN3O4. The lowest BCUT2D eigenvalue weighted by molar-refractivity contribution is -0.161. The van der Waals surface area contributed by atoms with E-state index in [-0.39, 0.29) is 23.3 Å². The number of carbonyl (C=O) groups excluding carboxylic acids is 2. The maximum absolute atomic E-state index is 13.3. The van der Waals surface area contributed by atoms with E-state index in [0.29, 0.717) is 31.6 Å². The molecule has 0 unspecified atom stereocenters. The van der Waals surface area contributed by atoms with Gasteiger partial charge in [0.2, 0.25) is 5.28 Å². The number of nitrogens with zero attached hydrogens (tertiary/aromatic N) is 3. The highest BCUT2D eigenvalue weighted by atomic mass is 35.5. The standard InChI is InChI=1S/C26H34ClN3O4/c1-25(2,3)33-22(31)20(19-11-13-30(16-19)24(32)34-26(4,5)6)15-17-8-7-9-18(14-17)21-10-12-28-23(27)29-21/h7-10,12,14,19-20H,11,13,15-16H2,1-6H3/t19-,20-/m0/s1. The van der Waals surface area contributed by atoms with E-state index in [1.807, 2.05) is 65.8 Å². The number of carbonyl (C=O) groups is 2. The van der Waals surface area contributed by atoms with Crippen molar-refractivity contribution >= 4 is 23.7 Å². The Hall–Kier alpha value is -2.67. The van der Waals surface area contributed by atoms with Crippen molar-refractivity contribution < 1.29 is 19.1 Å². The summed E-state index contributed by atoms with van der Waals surface area (Å²) < 4.78 is 11.3. The number of hydrogen-bond donors (Lipinski definition) is 0. The summed E-state index contributed by atoms with van der Waals surface area (Å²) in [7, 11) is 0. The Bertz CT molecular complexity index is 1030. The lowest BCUT2D eigenvalue weighted by Crippen LogP contribution is -2.38. The number of amides is 1. The van der Waals surface area contributed by atoms with Crippen molar-refractivity contribution in [2.45, 2.75) is 65.6 Å². The van der Waals surface area contributed by atoms with E-state index < -0.39 is 17.1 Å². The van der Waals surface area contributed by atoms with E-state index in [0.717, 1.165) is 11.1 Å². The molecule has 0 aliphatic carbocycles. The van der Waals surface area contributed by atoms with Gasteiger partial charge in [-0.1, -0.05) is 18.2 Å². The van der Waals surface area contributed by atoms with Crippen LogP contribution in [0.5, 0.6) is 0 Å². The lowest BCUT2D eigenvalue weighted by Gasteiger charge is -2.28. The first-order chi connectivity index (χ1) is 15.8. The van der Waals surface area contributed by atoms with Gasteiger partial charge in [0.05, 0.1) is 11.6 Å². The Balaban J connectivity index is 1.81. The molecule has 184 valence electrons. The van der Waals surface area contributed by atoms with Crippen LogP contribution in [0.2, 0.25) is 5.28 Å².